The molecule has 1 aliphatic carbocycles. The van der Waals surface area contributed by atoms with E-state index in [1.807, 2.05) is 0 Å². The smallest absolute Gasteiger partial charge is 0.0604 e. The lowest BCUT2D eigenvalue weighted by atomic mass is 9.61. The van der Waals surface area contributed by atoms with Gasteiger partial charge in [-0.3, -0.25) is 0 Å². The minimum atomic E-state index is -0.381. The molecule has 2 rings (SSSR count). The molecule has 1 aromatic carbocycles. The molecule has 1 aromatic rings. The zero-order valence-electron chi connectivity index (χ0n) is 14.2. The second-order valence-electron chi connectivity index (χ2n) is 6.83. The molecule has 2 atom stereocenters. The molecule has 1 aliphatic rings. The van der Waals surface area contributed by atoms with Crippen molar-refractivity contribution in [1.82, 2.24) is 0 Å². The normalized spacial score (nSPS) is 31.3. The van der Waals surface area contributed by atoms with Gasteiger partial charge in [-0.1, -0.05) is 62.8 Å². The van der Waals surface area contributed by atoms with E-state index >= 15 is 0 Å². The van der Waals surface area contributed by atoms with Crippen LogP contribution in [0.1, 0.15) is 58.1 Å². The van der Waals surface area contributed by atoms with Crippen LogP contribution in [-0.2, 0) is 0 Å². The van der Waals surface area contributed by atoms with E-state index in [0.717, 1.165) is 19.3 Å². The molecule has 1 heteroatoms. The Balaban J connectivity index is 2.54. The van der Waals surface area contributed by atoms with Crippen molar-refractivity contribution in [3.8, 4) is 0 Å². The van der Waals surface area contributed by atoms with Crippen LogP contribution < -0.4 is 5.73 Å². The highest BCUT2D eigenvalue weighted by Gasteiger charge is 2.42. The Labute approximate surface area is 129 Å². The number of nitrogens with two attached hydrogens (primary N) is 1. The fourth-order valence-electron chi connectivity index (χ4n) is 3.57. The largest absolute Gasteiger partial charge is 0.318 e. The summed E-state index contributed by atoms with van der Waals surface area (Å²) in [5.41, 5.74) is 11.9. The van der Waals surface area contributed by atoms with E-state index in [1.54, 1.807) is 0 Å². The molecule has 0 saturated heterocycles. The van der Waals surface area contributed by atoms with Gasteiger partial charge in [0.15, 0.2) is 0 Å². The molecule has 2 unspecified atom stereocenters. The average molecular weight is 283 g/mol. The Bertz CT molecular complexity index is 560. The first-order chi connectivity index (χ1) is 9.85. The predicted molar refractivity (Wildman–Crippen MR) is 93.1 cm³/mol. The molecule has 0 amide bonds. The summed E-state index contributed by atoms with van der Waals surface area (Å²) < 4.78 is 0. The van der Waals surface area contributed by atoms with E-state index in [1.165, 1.54) is 22.3 Å². The third-order valence-corrected chi connectivity index (χ3v) is 5.08. The lowest BCUT2D eigenvalue weighted by Crippen LogP contribution is -2.47. The van der Waals surface area contributed by atoms with Gasteiger partial charge in [0.25, 0.3) is 0 Å². The molecule has 0 bridgehead atoms. The third kappa shape index (κ3) is 2.85. The van der Waals surface area contributed by atoms with Crippen molar-refractivity contribution >= 4 is 5.57 Å². The maximum absolute atomic E-state index is 6.84. The van der Waals surface area contributed by atoms with E-state index in [2.05, 4.69) is 71.0 Å². The topological polar surface area (TPSA) is 26.0 Å². The van der Waals surface area contributed by atoms with E-state index in [0.29, 0.717) is 0 Å². The van der Waals surface area contributed by atoms with Crippen LogP contribution in [0.15, 0.2) is 42.0 Å². The van der Waals surface area contributed by atoms with Gasteiger partial charge in [0, 0.05) is 0 Å². The van der Waals surface area contributed by atoms with E-state index in [4.69, 9.17) is 5.73 Å². The van der Waals surface area contributed by atoms with Crippen LogP contribution in [0.25, 0.3) is 5.57 Å². The van der Waals surface area contributed by atoms with Crippen LogP contribution in [0.3, 0.4) is 0 Å². The van der Waals surface area contributed by atoms with Crippen molar-refractivity contribution in [3.63, 3.8) is 0 Å². The number of allylic oxidation sites excluding steroid dienone is 2. The average Bonchev–Trinajstić information content (AvgIpc) is 2.45. The van der Waals surface area contributed by atoms with Gasteiger partial charge in [-0.25, -0.2) is 0 Å². The van der Waals surface area contributed by atoms with E-state index in [9.17, 15) is 0 Å². The van der Waals surface area contributed by atoms with Crippen molar-refractivity contribution in [3.05, 3.63) is 53.1 Å². The molecule has 21 heavy (non-hydrogen) atoms. The molecule has 0 spiro atoms. The van der Waals surface area contributed by atoms with Crippen LogP contribution in [0, 0.1) is 12.3 Å². The molecule has 114 valence electrons. The summed E-state index contributed by atoms with van der Waals surface area (Å²) in [5.74, 6) is 0. The quantitative estimate of drug-likeness (QED) is 0.753. The standard InChI is InChI=1S/C20H29N/c1-6-8-18-19(4,7-2)14-13-17(20(18,5)21)16-11-9-15(3)10-12-16/h8-13H,6-7,14,21H2,1-5H3/b18-8+. The van der Waals surface area contributed by atoms with E-state index in [-0.39, 0.29) is 11.0 Å². The molecule has 0 fully saturated rings. The number of aryl methyl sites for hydroxylation is 1. The maximum Gasteiger partial charge on any atom is 0.0604 e. The molecule has 0 aromatic heterocycles. The predicted octanol–water partition coefficient (Wildman–Crippen LogP) is 5.25. The van der Waals surface area contributed by atoms with Crippen LogP contribution in [-0.4, -0.2) is 5.54 Å². The molecular weight excluding hydrogens is 254 g/mol. The van der Waals surface area contributed by atoms with Gasteiger partial charge < -0.3 is 5.73 Å². The summed E-state index contributed by atoms with van der Waals surface area (Å²) in [4.78, 5) is 0. The highest BCUT2D eigenvalue weighted by atomic mass is 14.8. The zero-order chi connectivity index (χ0) is 15.7. The minimum absolute atomic E-state index is 0.188. The second kappa shape index (κ2) is 5.81. The van der Waals surface area contributed by atoms with Crippen molar-refractivity contribution in [2.75, 3.05) is 0 Å². The third-order valence-electron chi connectivity index (χ3n) is 5.08. The van der Waals surface area contributed by atoms with Gasteiger partial charge >= 0.3 is 0 Å². The molecule has 0 radical (unpaired) electrons. The van der Waals surface area contributed by atoms with Crippen molar-refractivity contribution < 1.29 is 0 Å². The summed E-state index contributed by atoms with van der Waals surface area (Å²) in [5, 5.41) is 0. The summed E-state index contributed by atoms with van der Waals surface area (Å²) in [6.45, 7) is 11.1. The second-order valence-corrected chi connectivity index (χ2v) is 6.83. The Morgan fingerprint density at radius 3 is 2.29 bits per heavy atom. The first-order valence-corrected chi connectivity index (χ1v) is 8.13. The van der Waals surface area contributed by atoms with Crippen LogP contribution >= 0.6 is 0 Å². The highest BCUT2D eigenvalue weighted by Crippen LogP contribution is 2.49. The van der Waals surface area contributed by atoms with Gasteiger partial charge in [0.05, 0.1) is 5.54 Å². The Hall–Kier alpha value is -1.34. The fourth-order valence-corrected chi connectivity index (χ4v) is 3.57. The first-order valence-electron chi connectivity index (χ1n) is 8.13. The van der Waals surface area contributed by atoms with Gasteiger partial charge in [-0.2, -0.15) is 0 Å². The summed E-state index contributed by atoms with van der Waals surface area (Å²) in [6.07, 6.45) is 7.96. The first kappa shape index (κ1) is 16.0. The summed E-state index contributed by atoms with van der Waals surface area (Å²) >= 11 is 0. The minimum Gasteiger partial charge on any atom is -0.318 e. The molecule has 0 saturated carbocycles. The summed E-state index contributed by atoms with van der Waals surface area (Å²) in [7, 11) is 0. The van der Waals surface area contributed by atoms with Crippen LogP contribution in [0.5, 0.6) is 0 Å². The lowest BCUT2D eigenvalue weighted by Gasteiger charge is -2.46. The Morgan fingerprint density at radius 1 is 1.14 bits per heavy atom. The fraction of sp³-hybridized carbons (Fsp3) is 0.500. The summed E-state index contributed by atoms with van der Waals surface area (Å²) in [6, 6.07) is 8.74. The molecule has 0 heterocycles. The van der Waals surface area contributed by atoms with Crippen molar-refractivity contribution in [1.29, 1.82) is 0 Å². The number of hydrogen-bond donors (Lipinski definition) is 1. The van der Waals surface area contributed by atoms with Gasteiger partial charge in [-0.15, -0.1) is 0 Å². The maximum atomic E-state index is 6.84. The number of benzene rings is 1. The molecule has 2 N–H and O–H groups in total. The molecule has 0 aliphatic heterocycles. The van der Waals surface area contributed by atoms with Crippen LogP contribution in [0.4, 0.5) is 0 Å². The monoisotopic (exact) mass is 283 g/mol. The van der Waals surface area contributed by atoms with Gasteiger partial charge in [0.2, 0.25) is 0 Å². The molecular formula is C20H29N. The number of rotatable bonds is 3. The SMILES string of the molecule is CC/C=C1\C(C)(CC)CC=C(c2ccc(C)cc2)C1(C)N. The highest BCUT2D eigenvalue weighted by molar-refractivity contribution is 5.78. The van der Waals surface area contributed by atoms with Gasteiger partial charge in [0.1, 0.15) is 0 Å². The Morgan fingerprint density at radius 2 is 1.76 bits per heavy atom. The molecule has 1 nitrogen and oxygen atoms in total. The van der Waals surface area contributed by atoms with Crippen molar-refractivity contribution in [2.45, 2.75) is 59.4 Å². The Kier molecular flexibility index (Phi) is 4.43. The van der Waals surface area contributed by atoms with E-state index < -0.39 is 0 Å². The number of hydrogen-bond acceptors (Lipinski definition) is 1. The van der Waals surface area contributed by atoms with Gasteiger partial charge in [-0.05, 0) is 55.2 Å². The van der Waals surface area contributed by atoms with Crippen molar-refractivity contribution in [2.24, 2.45) is 11.1 Å². The zero-order valence-corrected chi connectivity index (χ0v) is 14.2. The van der Waals surface area contributed by atoms with Crippen LogP contribution in [0.2, 0.25) is 0 Å². The lowest BCUT2D eigenvalue weighted by molar-refractivity contribution is 0.336.